The molecule has 4 heteroatoms. The highest BCUT2D eigenvalue weighted by atomic mass is 35.5. The van der Waals surface area contributed by atoms with Gasteiger partial charge in [-0.25, -0.2) is 4.39 Å². The van der Waals surface area contributed by atoms with Crippen LogP contribution >= 0.6 is 11.6 Å². The summed E-state index contributed by atoms with van der Waals surface area (Å²) in [6.45, 7) is 1.97. The van der Waals surface area contributed by atoms with Gasteiger partial charge in [0.25, 0.3) is 0 Å². The monoisotopic (exact) mass is 243 g/mol. The molecule has 1 fully saturated rings. The van der Waals surface area contributed by atoms with Crippen LogP contribution in [-0.4, -0.2) is 29.2 Å². The number of benzene rings is 1. The molecule has 88 valence electrons. The maximum Gasteiger partial charge on any atom is 0.129 e. The summed E-state index contributed by atoms with van der Waals surface area (Å²) in [7, 11) is 0. The number of hydrogen-bond acceptors (Lipinski definition) is 2. The summed E-state index contributed by atoms with van der Waals surface area (Å²) in [6, 6.07) is 4.72. The van der Waals surface area contributed by atoms with E-state index in [1.807, 2.05) is 4.90 Å². The fourth-order valence-electron chi connectivity index (χ4n) is 2.08. The Balaban J connectivity index is 2.08. The molecule has 0 radical (unpaired) electrons. The molecule has 1 aromatic carbocycles. The van der Waals surface area contributed by atoms with Crippen molar-refractivity contribution in [3.63, 3.8) is 0 Å². The number of rotatable bonds is 2. The summed E-state index contributed by atoms with van der Waals surface area (Å²) in [4.78, 5) is 2.04. The van der Waals surface area contributed by atoms with Gasteiger partial charge in [-0.1, -0.05) is 17.7 Å². The van der Waals surface area contributed by atoms with Crippen LogP contribution in [0, 0.1) is 5.82 Å². The number of piperidine rings is 1. The zero-order valence-corrected chi connectivity index (χ0v) is 9.75. The maximum absolute atomic E-state index is 13.5. The Morgan fingerprint density at radius 2 is 2.31 bits per heavy atom. The summed E-state index contributed by atoms with van der Waals surface area (Å²) in [5.74, 6) is -0.271. The first-order chi connectivity index (χ1) is 7.66. The van der Waals surface area contributed by atoms with Crippen molar-refractivity contribution in [2.45, 2.75) is 25.5 Å². The van der Waals surface area contributed by atoms with Crippen LogP contribution in [0.1, 0.15) is 18.4 Å². The Kier molecular flexibility index (Phi) is 3.79. The molecule has 1 atom stereocenters. The summed E-state index contributed by atoms with van der Waals surface area (Å²) >= 11 is 5.96. The number of aliphatic hydroxyl groups excluding tert-OH is 1. The Morgan fingerprint density at radius 3 is 3.00 bits per heavy atom. The molecule has 1 heterocycles. The molecule has 2 nitrogen and oxygen atoms in total. The molecule has 1 aliphatic heterocycles. The van der Waals surface area contributed by atoms with Crippen molar-refractivity contribution in [2.24, 2.45) is 0 Å². The first-order valence-electron chi connectivity index (χ1n) is 5.50. The van der Waals surface area contributed by atoms with E-state index in [1.54, 1.807) is 12.1 Å². The van der Waals surface area contributed by atoms with Crippen LogP contribution in [0.15, 0.2) is 18.2 Å². The quantitative estimate of drug-likeness (QED) is 0.863. The Bertz CT molecular complexity index is 352. The Hall–Kier alpha value is -0.640. The van der Waals surface area contributed by atoms with Gasteiger partial charge in [-0.3, -0.25) is 4.90 Å². The molecular formula is C12H15ClFNO. The Labute approximate surface area is 99.6 Å². The highest BCUT2D eigenvalue weighted by molar-refractivity contribution is 6.31. The van der Waals surface area contributed by atoms with Gasteiger partial charge in [-0.05, 0) is 31.5 Å². The van der Waals surface area contributed by atoms with Crippen LogP contribution in [0.3, 0.4) is 0 Å². The molecule has 2 rings (SSSR count). The topological polar surface area (TPSA) is 23.5 Å². The van der Waals surface area contributed by atoms with Gasteiger partial charge < -0.3 is 5.11 Å². The highest BCUT2D eigenvalue weighted by Crippen LogP contribution is 2.22. The lowest BCUT2D eigenvalue weighted by atomic mass is 10.1. The lowest BCUT2D eigenvalue weighted by molar-refractivity contribution is 0.0663. The van der Waals surface area contributed by atoms with Gasteiger partial charge >= 0.3 is 0 Å². The summed E-state index contributed by atoms with van der Waals surface area (Å²) in [5, 5.41) is 9.99. The first kappa shape index (κ1) is 11.8. The molecule has 0 bridgehead atoms. The number of nitrogens with zero attached hydrogens (tertiary/aromatic N) is 1. The van der Waals surface area contributed by atoms with Gasteiger partial charge in [-0.15, -0.1) is 0 Å². The molecule has 1 aliphatic rings. The molecule has 0 spiro atoms. The average Bonchev–Trinajstić information content (AvgIpc) is 2.24. The van der Waals surface area contributed by atoms with Gasteiger partial charge in [0.2, 0.25) is 0 Å². The third-order valence-corrected chi connectivity index (χ3v) is 3.28. The normalized spacial score (nSPS) is 22.3. The standard InChI is InChI=1S/C12H15ClFNO/c13-11-4-1-5-12(14)10(11)8-15-6-2-3-9(16)7-15/h1,4-5,9,16H,2-3,6-8H2. The molecule has 1 aromatic rings. The van der Waals surface area contributed by atoms with Crippen LogP contribution < -0.4 is 0 Å². The second-order valence-electron chi connectivity index (χ2n) is 4.23. The van der Waals surface area contributed by atoms with E-state index >= 15 is 0 Å². The van der Waals surface area contributed by atoms with Crippen molar-refractivity contribution in [3.05, 3.63) is 34.6 Å². The highest BCUT2D eigenvalue weighted by Gasteiger charge is 2.19. The predicted octanol–water partition coefficient (Wildman–Crippen LogP) is 2.44. The summed E-state index contributed by atoms with van der Waals surface area (Å²) in [6.07, 6.45) is 1.49. The van der Waals surface area contributed by atoms with Gasteiger partial charge in [-0.2, -0.15) is 0 Å². The zero-order valence-electron chi connectivity index (χ0n) is 9.00. The number of β-amino-alcohol motifs (C(OH)–C–C–N with tert-alkyl or cyclic N) is 1. The SMILES string of the molecule is OC1CCCN(Cc2c(F)cccc2Cl)C1. The fraction of sp³-hybridized carbons (Fsp3) is 0.500. The average molecular weight is 244 g/mol. The van der Waals surface area contributed by atoms with Crippen molar-refractivity contribution in [3.8, 4) is 0 Å². The van der Waals surface area contributed by atoms with E-state index < -0.39 is 0 Å². The minimum atomic E-state index is -0.292. The van der Waals surface area contributed by atoms with Crippen molar-refractivity contribution in [2.75, 3.05) is 13.1 Å². The van der Waals surface area contributed by atoms with Crippen molar-refractivity contribution < 1.29 is 9.50 Å². The van der Waals surface area contributed by atoms with Gasteiger partial charge in [0, 0.05) is 23.7 Å². The van der Waals surface area contributed by atoms with Crippen LogP contribution in [0.4, 0.5) is 4.39 Å². The first-order valence-corrected chi connectivity index (χ1v) is 5.88. The van der Waals surface area contributed by atoms with Gasteiger partial charge in [0.1, 0.15) is 5.82 Å². The fourth-order valence-corrected chi connectivity index (χ4v) is 2.30. The molecular weight excluding hydrogens is 229 g/mol. The minimum absolute atomic E-state index is 0.271. The predicted molar refractivity (Wildman–Crippen MR) is 61.9 cm³/mol. The molecule has 0 saturated carbocycles. The van der Waals surface area contributed by atoms with Crippen LogP contribution in [0.2, 0.25) is 5.02 Å². The van der Waals surface area contributed by atoms with Crippen LogP contribution in [0.25, 0.3) is 0 Å². The van der Waals surface area contributed by atoms with Crippen LogP contribution in [-0.2, 0) is 6.54 Å². The second-order valence-corrected chi connectivity index (χ2v) is 4.64. The third-order valence-electron chi connectivity index (χ3n) is 2.92. The summed E-state index contributed by atoms with van der Waals surface area (Å²) < 4.78 is 13.5. The minimum Gasteiger partial charge on any atom is -0.392 e. The molecule has 0 aromatic heterocycles. The second kappa shape index (κ2) is 5.13. The van der Waals surface area contributed by atoms with E-state index in [4.69, 9.17) is 11.6 Å². The number of hydrogen-bond donors (Lipinski definition) is 1. The maximum atomic E-state index is 13.5. The van der Waals surface area contributed by atoms with E-state index in [9.17, 15) is 9.50 Å². The Morgan fingerprint density at radius 1 is 1.50 bits per heavy atom. The van der Waals surface area contributed by atoms with E-state index in [-0.39, 0.29) is 11.9 Å². The lowest BCUT2D eigenvalue weighted by Gasteiger charge is -2.30. The largest absolute Gasteiger partial charge is 0.392 e. The smallest absolute Gasteiger partial charge is 0.129 e. The van der Waals surface area contributed by atoms with Crippen molar-refractivity contribution in [1.29, 1.82) is 0 Å². The van der Waals surface area contributed by atoms with Crippen molar-refractivity contribution in [1.82, 2.24) is 4.90 Å². The van der Waals surface area contributed by atoms with Crippen molar-refractivity contribution >= 4 is 11.6 Å². The lowest BCUT2D eigenvalue weighted by Crippen LogP contribution is -2.37. The zero-order chi connectivity index (χ0) is 11.5. The molecule has 1 N–H and O–H groups in total. The van der Waals surface area contributed by atoms with E-state index in [0.717, 1.165) is 19.4 Å². The number of aliphatic hydroxyl groups is 1. The summed E-state index contributed by atoms with van der Waals surface area (Å²) in [5.41, 5.74) is 0.526. The van der Waals surface area contributed by atoms with E-state index in [2.05, 4.69) is 0 Å². The number of likely N-dealkylation sites (tertiary alicyclic amines) is 1. The molecule has 1 unspecified atom stereocenters. The van der Waals surface area contributed by atoms with Crippen LogP contribution in [0.5, 0.6) is 0 Å². The van der Waals surface area contributed by atoms with E-state index in [0.29, 0.717) is 23.7 Å². The molecule has 1 saturated heterocycles. The third kappa shape index (κ3) is 2.73. The molecule has 16 heavy (non-hydrogen) atoms. The number of halogens is 2. The molecule has 0 amide bonds. The van der Waals surface area contributed by atoms with Gasteiger partial charge in [0.05, 0.1) is 6.10 Å². The molecule has 0 aliphatic carbocycles. The van der Waals surface area contributed by atoms with E-state index in [1.165, 1.54) is 6.07 Å². The van der Waals surface area contributed by atoms with Gasteiger partial charge in [0.15, 0.2) is 0 Å².